The zero-order valence-corrected chi connectivity index (χ0v) is 13.6. The smallest absolute Gasteiger partial charge is 0.244 e. The molecule has 1 aromatic rings. The Morgan fingerprint density at radius 1 is 1.09 bits per heavy atom. The molecule has 4 heteroatoms. The van der Waals surface area contributed by atoms with Crippen LogP contribution in [0.15, 0.2) is 24.3 Å². The lowest BCUT2D eigenvalue weighted by atomic mass is 10.0. The molecule has 0 spiro atoms. The number of benzene rings is 1. The molecular formula is C18H27N3O. The van der Waals surface area contributed by atoms with E-state index in [2.05, 4.69) is 41.4 Å². The van der Waals surface area contributed by atoms with Gasteiger partial charge in [0.2, 0.25) is 5.91 Å². The summed E-state index contributed by atoms with van der Waals surface area (Å²) in [6.45, 7) is 7.72. The van der Waals surface area contributed by atoms with Crippen LogP contribution in [0.3, 0.4) is 0 Å². The third kappa shape index (κ3) is 3.33. The van der Waals surface area contributed by atoms with Crippen LogP contribution in [0.25, 0.3) is 0 Å². The number of aryl methyl sites for hydroxylation is 1. The summed E-state index contributed by atoms with van der Waals surface area (Å²) >= 11 is 0. The monoisotopic (exact) mass is 301 g/mol. The van der Waals surface area contributed by atoms with Gasteiger partial charge in [0.15, 0.2) is 0 Å². The number of piperazine rings is 1. The number of carbonyl (C=O) groups excluding carboxylic acids is 1. The Kier molecular flexibility index (Phi) is 5.11. The number of likely N-dealkylation sites (tertiary alicyclic amines) is 1. The molecule has 2 saturated heterocycles. The van der Waals surface area contributed by atoms with Crippen LogP contribution in [-0.2, 0) is 11.2 Å². The van der Waals surface area contributed by atoms with Crippen LogP contribution in [0.2, 0.25) is 0 Å². The Morgan fingerprint density at radius 3 is 2.32 bits per heavy atom. The molecule has 22 heavy (non-hydrogen) atoms. The summed E-state index contributed by atoms with van der Waals surface area (Å²) in [5.74, 6) is 0.285. The van der Waals surface area contributed by atoms with Gasteiger partial charge in [0.1, 0.15) is 6.04 Å². The highest BCUT2D eigenvalue weighted by atomic mass is 16.2. The maximum Gasteiger partial charge on any atom is 0.244 e. The van der Waals surface area contributed by atoms with Crippen LogP contribution < -0.4 is 5.32 Å². The molecule has 1 N–H and O–H groups in total. The highest BCUT2D eigenvalue weighted by molar-refractivity contribution is 5.83. The lowest BCUT2D eigenvalue weighted by Crippen LogP contribution is -2.50. The van der Waals surface area contributed by atoms with E-state index in [0.29, 0.717) is 0 Å². The average Bonchev–Trinajstić information content (AvgIpc) is 3.10. The molecule has 1 atom stereocenters. The van der Waals surface area contributed by atoms with Crippen LogP contribution in [0, 0.1) is 0 Å². The average molecular weight is 301 g/mol. The minimum atomic E-state index is -0.0912. The van der Waals surface area contributed by atoms with Crippen molar-refractivity contribution < 1.29 is 4.79 Å². The summed E-state index contributed by atoms with van der Waals surface area (Å²) in [7, 11) is 0. The van der Waals surface area contributed by atoms with Crippen LogP contribution in [0.4, 0.5) is 0 Å². The van der Waals surface area contributed by atoms with Gasteiger partial charge in [-0.05, 0) is 43.5 Å². The van der Waals surface area contributed by atoms with Gasteiger partial charge in [0.05, 0.1) is 0 Å². The summed E-state index contributed by atoms with van der Waals surface area (Å²) in [4.78, 5) is 17.5. The quantitative estimate of drug-likeness (QED) is 0.921. The molecule has 120 valence electrons. The van der Waals surface area contributed by atoms with E-state index >= 15 is 0 Å². The van der Waals surface area contributed by atoms with E-state index in [1.54, 1.807) is 0 Å². The highest BCUT2D eigenvalue weighted by Gasteiger charge is 2.33. The highest BCUT2D eigenvalue weighted by Crippen LogP contribution is 2.27. The number of hydrogen-bond acceptors (Lipinski definition) is 3. The summed E-state index contributed by atoms with van der Waals surface area (Å²) in [6, 6.07) is 8.56. The summed E-state index contributed by atoms with van der Waals surface area (Å²) < 4.78 is 0. The number of hydrogen-bond donors (Lipinski definition) is 1. The van der Waals surface area contributed by atoms with Crippen LogP contribution >= 0.6 is 0 Å². The first-order valence-corrected chi connectivity index (χ1v) is 8.62. The normalized spacial score (nSPS) is 21.0. The molecule has 2 aliphatic heterocycles. The zero-order valence-electron chi connectivity index (χ0n) is 13.6. The first-order chi connectivity index (χ1) is 10.8. The van der Waals surface area contributed by atoms with Gasteiger partial charge >= 0.3 is 0 Å². The summed E-state index contributed by atoms with van der Waals surface area (Å²) in [5.41, 5.74) is 2.49. The summed E-state index contributed by atoms with van der Waals surface area (Å²) in [5, 5.41) is 3.33. The predicted molar refractivity (Wildman–Crippen MR) is 88.8 cm³/mol. The standard InChI is InChI=1S/C18H27N3O/c1-2-15-5-7-16(8-6-15)17(20-11-3-4-12-20)18(22)21-13-9-19-10-14-21/h5-8,17,19H,2-4,9-14H2,1H3. The van der Waals surface area contributed by atoms with E-state index in [0.717, 1.165) is 51.3 Å². The lowest BCUT2D eigenvalue weighted by molar-refractivity contribution is -0.137. The molecular weight excluding hydrogens is 274 g/mol. The third-order valence-electron chi connectivity index (χ3n) is 4.87. The second-order valence-corrected chi connectivity index (χ2v) is 6.32. The number of carbonyl (C=O) groups is 1. The molecule has 3 rings (SSSR count). The Hall–Kier alpha value is -1.39. The summed E-state index contributed by atoms with van der Waals surface area (Å²) in [6.07, 6.45) is 3.46. The van der Waals surface area contributed by atoms with Gasteiger partial charge in [-0.3, -0.25) is 9.69 Å². The van der Waals surface area contributed by atoms with Gasteiger partial charge in [0.25, 0.3) is 0 Å². The molecule has 2 heterocycles. The van der Waals surface area contributed by atoms with E-state index in [4.69, 9.17) is 0 Å². The van der Waals surface area contributed by atoms with Gasteiger partial charge in [0, 0.05) is 26.2 Å². The number of nitrogens with one attached hydrogen (secondary N) is 1. The van der Waals surface area contributed by atoms with Gasteiger partial charge in [-0.1, -0.05) is 31.2 Å². The van der Waals surface area contributed by atoms with Crippen molar-refractivity contribution in [3.63, 3.8) is 0 Å². The molecule has 0 bridgehead atoms. The number of amides is 1. The van der Waals surface area contributed by atoms with Gasteiger partial charge < -0.3 is 10.2 Å². The third-order valence-corrected chi connectivity index (χ3v) is 4.87. The fraction of sp³-hybridized carbons (Fsp3) is 0.611. The van der Waals surface area contributed by atoms with Crippen LogP contribution in [-0.4, -0.2) is 55.0 Å². The second kappa shape index (κ2) is 7.25. The van der Waals surface area contributed by atoms with Crippen molar-refractivity contribution in [3.05, 3.63) is 35.4 Å². The van der Waals surface area contributed by atoms with Crippen molar-refractivity contribution in [2.75, 3.05) is 39.3 Å². The molecule has 4 nitrogen and oxygen atoms in total. The van der Waals surface area contributed by atoms with E-state index in [1.807, 2.05) is 4.90 Å². The molecule has 2 aliphatic rings. The molecule has 1 amide bonds. The Morgan fingerprint density at radius 2 is 1.73 bits per heavy atom. The molecule has 0 saturated carbocycles. The molecule has 2 fully saturated rings. The molecule has 0 aliphatic carbocycles. The fourth-order valence-electron chi connectivity index (χ4n) is 3.50. The van der Waals surface area contributed by atoms with Gasteiger partial charge in [-0.25, -0.2) is 0 Å². The lowest BCUT2D eigenvalue weighted by Gasteiger charge is -2.35. The van der Waals surface area contributed by atoms with E-state index in [9.17, 15) is 4.79 Å². The van der Waals surface area contributed by atoms with Crippen molar-refractivity contribution in [2.24, 2.45) is 0 Å². The van der Waals surface area contributed by atoms with Gasteiger partial charge in [-0.15, -0.1) is 0 Å². The minimum absolute atomic E-state index is 0.0912. The van der Waals surface area contributed by atoms with Crippen LogP contribution in [0.5, 0.6) is 0 Å². The molecule has 1 unspecified atom stereocenters. The van der Waals surface area contributed by atoms with Crippen molar-refractivity contribution in [1.29, 1.82) is 0 Å². The molecule has 0 radical (unpaired) electrons. The Labute approximate surface area is 133 Å². The second-order valence-electron chi connectivity index (χ2n) is 6.32. The van der Waals surface area contributed by atoms with Crippen molar-refractivity contribution in [1.82, 2.24) is 15.1 Å². The first-order valence-electron chi connectivity index (χ1n) is 8.62. The minimum Gasteiger partial charge on any atom is -0.338 e. The number of rotatable bonds is 4. The Balaban J connectivity index is 1.83. The number of nitrogens with zero attached hydrogens (tertiary/aromatic N) is 2. The Bertz CT molecular complexity index is 488. The largest absolute Gasteiger partial charge is 0.338 e. The predicted octanol–water partition coefficient (Wildman–Crippen LogP) is 1.82. The SMILES string of the molecule is CCc1ccc(C(C(=O)N2CCNCC2)N2CCCC2)cc1. The van der Waals surface area contributed by atoms with E-state index in [1.165, 1.54) is 18.4 Å². The first kappa shape index (κ1) is 15.5. The van der Waals surface area contributed by atoms with Crippen molar-refractivity contribution in [3.8, 4) is 0 Å². The molecule has 1 aromatic carbocycles. The van der Waals surface area contributed by atoms with E-state index < -0.39 is 0 Å². The van der Waals surface area contributed by atoms with Crippen molar-refractivity contribution >= 4 is 5.91 Å². The maximum atomic E-state index is 13.1. The van der Waals surface area contributed by atoms with Crippen LogP contribution in [0.1, 0.15) is 36.9 Å². The van der Waals surface area contributed by atoms with Crippen molar-refractivity contribution in [2.45, 2.75) is 32.2 Å². The van der Waals surface area contributed by atoms with Gasteiger partial charge in [-0.2, -0.15) is 0 Å². The maximum absolute atomic E-state index is 13.1. The molecule has 0 aromatic heterocycles. The topological polar surface area (TPSA) is 35.6 Å². The fourth-order valence-corrected chi connectivity index (χ4v) is 3.50. The zero-order chi connectivity index (χ0) is 15.4. The van der Waals surface area contributed by atoms with E-state index in [-0.39, 0.29) is 11.9 Å².